The number of sulfonamides is 1. The van der Waals surface area contributed by atoms with Crippen molar-refractivity contribution in [3.63, 3.8) is 0 Å². The molecule has 0 bridgehead atoms. The van der Waals surface area contributed by atoms with Gasteiger partial charge in [-0.15, -0.1) is 0 Å². The molecule has 6 nitrogen and oxygen atoms in total. The molecule has 3 rings (SSSR count). The minimum absolute atomic E-state index is 0.0442. The lowest BCUT2D eigenvalue weighted by molar-refractivity contribution is -0.137. The molecule has 1 aromatic carbocycles. The summed E-state index contributed by atoms with van der Waals surface area (Å²) < 4.78 is 66.3. The fourth-order valence-electron chi connectivity index (χ4n) is 3.09. The Bertz CT molecular complexity index is 1150. The van der Waals surface area contributed by atoms with Crippen LogP contribution in [0.3, 0.4) is 0 Å². The van der Waals surface area contributed by atoms with Crippen LogP contribution in [0.25, 0.3) is 6.08 Å². The standard InChI is InChI=1S/C22H25ClF3N3O3S/c1-14(2)9-10-33(31,32)28-21(30)8-7-18-12-20(15-3-4-15)27-29(18)13-16-5-6-17(11-19(16)23)22(24,25)26/h5-8,11-12,14-15H,3-4,9-10,13H2,1-2H3,(H,28,30). The van der Waals surface area contributed by atoms with Crippen LogP contribution in [0.4, 0.5) is 13.2 Å². The third kappa shape index (κ3) is 7.33. The van der Waals surface area contributed by atoms with Gasteiger partial charge < -0.3 is 0 Å². The molecule has 0 atom stereocenters. The first-order valence-corrected chi connectivity index (χ1v) is 12.5. The summed E-state index contributed by atoms with van der Waals surface area (Å²) in [6.45, 7) is 3.87. The number of alkyl halides is 3. The van der Waals surface area contributed by atoms with Crippen molar-refractivity contribution in [3.8, 4) is 0 Å². The average molecular weight is 504 g/mol. The minimum atomic E-state index is -4.50. The molecular formula is C22H25ClF3N3O3S. The molecule has 1 heterocycles. The van der Waals surface area contributed by atoms with Gasteiger partial charge in [0.05, 0.1) is 29.2 Å². The molecule has 180 valence electrons. The molecule has 1 fully saturated rings. The number of rotatable bonds is 9. The fourth-order valence-corrected chi connectivity index (χ4v) is 4.59. The largest absolute Gasteiger partial charge is 0.416 e. The van der Waals surface area contributed by atoms with E-state index in [9.17, 15) is 26.4 Å². The molecule has 2 aromatic rings. The number of carbonyl (C=O) groups is 1. The molecule has 1 aromatic heterocycles. The predicted octanol–water partition coefficient (Wildman–Crippen LogP) is 4.99. The summed E-state index contributed by atoms with van der Waals surface area (Å²) in [6, 6.07) is 4.91. The van der Waals surface area contributed by atoms with Gasteiger partial charge in [-0.2, -0.15) is 18.3 Å². The minimum Gasteiger partial charge on any atom is -0.269 e. The van der Waals surface area contributed by atoms with Gasteiger partial charge in [0.1, 0.15) is 0 Å². The van der Waals surface area contributed by atoms with Gasteiger partial charge in [0.2, 0.25) is 10.0 Å². The number of nitrogens with zero attached hydrogens (tertiary/aromatic N) is 2. The topological polar surface area (TPSA) is 81.1 Å². The van der Waals surface area contributed by atoms with E-state index in [4.69, 9.17) is 11.6 Å². The van der Waals surface area contributed by atoms with Gasteiger partial charge in [-0.25, -0.2) is 13.1 Å². The molecule has 0 unspecified atom stereocenters. The van der Waals surface area contributed by atoms with Gasteiger partial charge in [-0.3, -0.25) is 9.48 Å². The Morgan fingerprint density at radius 2 is 2.00 bits per heavy atom. The molecule has 1 aliphatic carbocycles. The van der Waals surface area contributed by atoms with E-state index in [2.05, 4.69) is 5.10 Å². The summed E-state index contributed by atoms with van der Waals surface area (Å²) in [6.07, 6.45) is 0.433. The Morgan fingerprint density at radius 3 is 2.58 bits per heavy atom. The van der Waals surface area contributed by atoms with Crippen LogP contribution >= 0.6 is 11.6 Å². The van der Waals surface area contributed by atoms with Gasteiger partial charge in [-0.05, 0) is 55.0 Å². The number of hydrogen-bond donors (Lipinski definition) is 1. The molecule has 0 saturated heterocycles. The number of aromatic nitrogens is 2. The molecular weight excluding hydrogens is 479 g/mol. The van der Waals surface area contributed by atoms with Crippen LogP contribution in [0, 0.1) is 5.92 Å². The van der Waals surface area contributed by atoms with Gasteiger partial charge >= 0.3 is 6.18 Å². The number of carbonyl (C=O) groups excluding carboxylic acids is 1. The van der Waals surface area contributed by atoms with Crippen molar-refractivity contribution >= 4 is 33.6 Å². The molecule has 11 heteroatoms. The number of amides is 1. The SMILES string of the molecule is CC(C)CCS(=O)(=O)NC(=O)C=Cc1cc(C2CC2)nn1Cc1ccc(C(F)(F)F)cc1Cl. The Morgan fingerprint density at radius 1 is 1.30 bits per heavy atom. The number of halogens is 4. The summed E-state index contributed by atoms with van der Waals surface area (Å²) in [5, 5.41) is 4.47. The maximum atomic E-state index is 12.9. The van der Waals surface area contributed by atoms with Crippen LogP contribution in [0.5, 0.6) is 0 Å². The van der Waals surface area contributed by atoms with E-state index in [1.165, 1.54) is 12.1 Å². The van der Waals surface area contributed by atoms with Crippen molar-refractivity contribution in [2.75, 3.05) is 5.75 Å². The Labute approximate surface area is 195 Å². The summed E-state index contributed by atoms with van der Waals surface area (Å²) in [4.78, 5) is 12.2. The van der Waals surface area contributed by atoms with E-state index >= 15 is 0 Å². The molecule has 1 N–H and O–H groups in total. The average Bonchev–Trinajstić information content (AvgIpc) is 3.47. The second-order valence-electron chi connectivity index (χ2n) is 8.53. The zero-order valence-corrected chi connectivity index (χ0v) is 19.8. The summed E-state index contributed by atoms with van der Waals surface area (Å²) in [7, 11) is -3.74. The van der Waals surface area contributed by atoms with Gasteiger partial charge in [0.25, 0.3) is 5.91 Å². The first-order chi connectivity index (χ1) is 15.3. The zero-order valence-electron chi connectivity index (χ0n) is 18.2. The van der Waals surface area contributed by atoms with Crippen LogP contribution in [-0.4, -0.2) is 29.9 Å². The van der Waals surface area contributed by atoms with E-state index in [0.717, 1.165) is 36.7 Å². The van der Waals surface area contributed by atoms with Crippen LogP contribution in [-0.2, 0) is 27.5 Å². The lowest BCUT2D eigenvalue weighted by atomic mass is 10.1. The fraction of sp³-hybridized carbons (Fsp3) is 0.455. The van der Waals surface area contributed by atoms with E-state index in [0.29, 0.717) is 23.6 Å². The quantitative estimate of drug-likeness (QED) is 0.489. The molecule has 0 spiro atoms. The van der Waals surface area contributed by atoms with E-state index < -0.39 is 27.7 Å². The van der Waals surface area contributed by atoms with Crippen molar-refractivity contribution in [3.05, 3.63) is 57.9 Å². The second kappa shape index (κ2) is 9.89. The van der Waals surface area contributed by atoms with E-state index in [1.54, 1.807) is 10.7 Å². The van der Waals surface area contributed by atoms with Crippen LogP contribution in [0.15, 0.2) is 30.3 Å². The highest BCUT2D eigenvalue weighted by Crippen LogP contribution is 2.40. The lowest BCUT2D eigenvalue weighted by Crippen LogP contribution is -2.31. The molecule has 33 heavy (non-hydrogen) atoms. The molecule has 0 radical (unpaired) electrons. The third-order valence-electron chi connectivity index (χ3n) is 5.15. The lowest BCUT2D eigenvalue weighted by Gasteiger charge is -2.11. The highest BCUT2D eigenvalue weighted by molar-refractivity contribution is 7.90. The first kappa shape index (κ1) is 25.3. The van der Waals surface area contributed by atoms with Crippen LogP contribution in [0.2, 0.25) is 5.02 Å². The molecule has 0 aliphatic heterocycles. The summed E-state index contributed by atoms with van der Waals surface area (Å²) in [5.74, 6) is -0.460. The van der Waals surface area contributed by atoms with Crippen LogP contribution in [0.1, 0.15) is 61.5 Å². The van der Waals surface area contributed by atoms with Crippen molar-refractivity contribution in [1.82, 2.24) is 14.5 Å². The van der Waals surface area contributed by atoms with Gasteiger partial charge in [0, 0.05) is 17.0 Å². The highest BCUT2D eigenvalue weighted by atomic mass is 35.5. The normalized spacial score (nSPS) is 14.9. The van der Waals surface area contributed by atoms with Gasteiger partial charge in [-0.1, -0.05) is 31.5 Å². The van der Waals surface area contributed by atoms with Crippen LogP contribution < -0.4 is 4.72 Å². The Kier molecular flexibility index (Phi) is 7.58. The first-order valence-electron chi connectivity index (χ1n) is 10.5. The highest BCUT2D eigenvalue weighted by Gasteiger charge is 2.31. The third-order valence-corrected chi connectivity index (χ3v) is 6.79. The Hall–Kier alpha value is -2.33. The molecule has 1 amide bonds. The van der Waals surface area contributed by atoms with Gasteiger partial charge in [0.15, 0.2) is 0 Å². The number of nitrogens with one attached hydrogen (secondary N) is 1. The Balaban J connectivity index is 1.78. The van der Waals surface area contributed by atoms with Crippen molar-refractivity contribution in [2.45, 2.75) is 51.7 Å². The zero-order chi connectivity index (χ0) is 24.4. The number of benzene rings is 1. The smallest absolute Gasteiger partial charge is 0.269 e. The van der Waals surface area contributed by atoms with Crippen molar-refractivity contribution < 1.29 is 26.4 Å². The molecule has 1 aliphatic rings. The maximum Gasteiger partial charge on any atom is 0.416 e. The van der Waals surface area contributed by atoms with Crippen molar-refractivity contribution in [1.29, 1.82) is 0 Å². The number of hydrogen-bond acceptors (Lipinski definition) is 4. The monoisotopic (exact) mass is 503 g/mol. The van der Waals surface area contributed by atoms with E-state index in [1.807, 2.05) is 18.6 Å². The predicted molar refractivity (Wildman–Crippen MR) is 120 cm³/mol. The summed E-state index contributed by atoms with van der Waals surface area (Å²) >= 11 is 6.08. The maximum absolute atomic E-state index is 12.9. The van der Waals surface area contributed by atoms with Crippen molar-refractivity contribution in [2.24, 2.45) is 5.92 Å². The molecule has 1 saturated carbocycles. The summed E-state index contributed by atoms with van der Waals surface area (Å²) in [5.41, 5.74) is 0.918. The second-order valence-corrected chi connectivity index (χ2v) is 10.8. The van der Waals surface area contributed by atoms with E-state index in [-0.39, 0.29) is 23.2 Å².